The molecule has 0 unspecified atom stereocenters. The Morgan fingerprint density at radius 2 is 2.21 bits per heavy atom. The van der Waals surface area contributed by atoms with Gasteiger partial charge in [0.25, 0.3) is 0 Å². The van der Waals surface area contributed by atoms with Gasteiger partial charge in [-0.05, 0) is 12.8 Å². The zero-order valence-corrected chi connectivity index (χ0v) is 9.65. The van der Waals surface area contributed by atoms with Gasteiger partial charge in [0.2, 0.25) is 0 Å². The summed E-state index contributed by atoms with van der Waals surface area (Å²) in [5.41, 5.74) is 0. The van der Waals surface area contributed by atoms with Crippen LogP contribution in [0.4, 0.5) is 0 Å². The van der Waals surface area contributed by atoms with Crippen LogP contribution in [0.1, 0.15) is 25.1 Å². The second-order valence-electron chi connectivity index (χ2n) is 3.40. The van der Waals surface area contributed by atoms with Crippen LogP contribution in [-0.4, -0.2) is 26.4 Å². The molecule has 78 valence electrons. The van der Waals surface area contributed by atoms with Crippen molar-refractivity contribution in [1.29, 1.82) is 0 Å². The summed E-state index contributed by atoms with van der Waals surface area (Å²) < 4.78 is 2.25. The molecule has 0 aliphatic carbocycles. The molecule has 0 N–H and O–H groups in total. The van der Waals surface area contributed by atoms with Gasteiger partial charge in [0.1, 0.15) is 5.82 Å². The summed E-state index contributed by atoms with van der Waals surface area (Å²) in [5.74, 6) is 2.74. The highest BCUT2D eigenvalue weighted by molar-refractivity contribution is 7.99. The van der Waals surface area contributed by atoms with Gasteiger partial charge in [-0.3, -0.25) is 0 Å². The maximum absolute atomic E-state index is 5.66. The molecule has 0 atom stereocenters. The van der Waals surface area contributed by atoms with Gasteiger partial charge in [0, 0.05) is 24.6 Å². The summed E-state index contributed by atoms with van der Waals surface area (Å²) in [4.78, 5) is 0. The molecule has 0 bridgehead atoms. The lowest BCUT2D eigenvalue weighted by Gasteiger charge is -2.04. The minimum absolute atomic E-state index is 0.673. The smallest absolute Gasteiger partial charge is 0.191 e. The first-order valence-electron chi connectivity index (χ1n) is 5.02. The molecule has 14 heavy (non-hydrogen) atoms. The Kier molecular flexibility index (Phi) is 3.70. The van der Waals surface area contributed by atoms with Crippen LogP contribution in [0.2, 0.25) is 0 Å². The number of thioether (sulfide) groups is 1. The first-order valence-corrected chi connectivity index (χ1v) is 6.54. The highest BCUT2D eigenvalue weighted by Crippen LogP contribution is 2.21. The van der Waals surface area contributed by atoms with E-state index in [1.54, 1.807) is 11.8 Å². The average molecular weight is 232 g/mol. The molecule has 1 aromatic rings. The van der Waals surface area contributed by atoms with E-state index in [4.69, 9.17) is 11.6 Å². The van der Waals surface area contributed by atoms with Gasteiger partial charge in [-0.1, -0.05) is 18.2 Å². The summed E-state index contributed by atoms with van der Waals surface area (Å²) >= 11 is 7.36. The molecule has 0 spiro atoms. The van der Waals surface area contributed by atoms with Crippen LogP contribution in [0.5, 0.6) is 0 Å². The Bertz CT molecular complexity index is 300. The molecule has 0 radical (unpaired) electrons. The number of hydrogen-bond acceptors (Lipinski definition) is 3. The number of rotatable bonds is 3. The van der Waals surface area contributed by atoms with Gasteiger partial charge in [-0.25, -0.2) is 0 Å². The quantitative estimate of drug-likeness (QED) is 0.591. The third-order valence-corrected chi connectivity index (χ3v) is 3.77. The zero-order valence-electron chi connectivity index (χ0n) is 8.08. The molecule has 2 rings (SSSR count). The normalized spacial score (nSPS) is 16.4. The maximum atomic E-state index is 5.66. The third-order valence-electron chi connectivity index (χ3n) is 2.38. The van der Waals surface area contributed by atoms with Crippen molar-refractivity contribution in [3.63, 3.8) is 0 Å². The molecule has 0 saturated heterocycles. The Balaban J connectivity index is 2.12. The summed E-state index contributed by atoms with van der Waals surface area (Å²) in [5, 5.41) is 9.46. The fourth-order valence-electron chi connectivity index (χ4n) is 1.69. The number of alkyl halides is 1. The molecule has 0 fully saturated rings. The van der Waals surface area contributed by atoms with Gasteiger partial charge in [0.15, 0.2) is 5.16 Å². The number of hydrogen-bond donors (Lipinski definition) is 0. The van der Waals surface area contributed by atoms with E-state index < -0.39 is 0 Å². The second-order valence-corrected chi connectivity index (χ2v) is 4.84. The van der Waals surface area contributed by atoms with Crippen molar-refractivity contribution in [1.82, 2.24) is 14.8 Å². The first-order chi connectivity index (χ1) is 6.92. The number of halogens is 1. The van der Waals surface area contributed by atoms with Crippen molar-refractivity contribution in [3.8, 4) is 0 Å². The third kappa shape index (κ3) is 2.23. The standard InChI is InChI=1S/C9H14ClN3S/c10-5-7-14-9-12-11-8-4-2-1-3-6-13(8)9/h1-7H2. The molecule has 3 nitrogen and oxygen atoms in total. The van der Waals surface area contributed by atoms with Crippen LogP contribution < -0.4 is 0 Å². The van der Waals surface area contributed by atoms with Crippen molar-refractivity contribution in [2.24, 2.45) is 0 Å². The molecule has 1 aliphatic heterocycles. The van der Waals surface area contributed by atoms with E-state index in [0.29, 0.717) is 5.88 Å². The first kappa shape index (κ1) is 10.3. The monoisotopic (exact) mass is 231 g/mol. The summed E-state index contributed by atoms with van der Waals surface area (Å²) in [7, 11) is 0. The number of aromatic nitrogens is 3. The molecular formula is C9H14ClN3S. The van der Waals surface area contributed by atoms with E-state index in [2.05, 4.69) is 14.8 Å². The zero-order chi connectivity index (χ0) is 9.80. The number of fused-ring (bicyclic) bond motifs is 1. The molecule has 0 saturated carbocycles. The van der Waals surface area contributed by atoms with Gasteiger partial charge in [-0.2, -0.15) is 0 Å². The minimum Gasteiger partial charge on any atom is -0.306 e. The van der Waals surface area contributed by atoms with Crippen LogP contribution in [0.25, 0.3) is 0 Å². The van der Waals surface area contributed by atoms with E-state index in [1.165, 1.54) is 19.3 Å². The molecule has 5 heteroatoms. The Labute approximate surface area is 93.2 Å². The van der Waals surface area contributed by atoms with Crippen molar-refractivity contribution >= 4 is 23.4 Å². The van der Waals surface area contributed by atoms with Gasteiger partial charge in [0.05, 0.1) is 0 Å². The second kappa shape index (κ2) is 5.03. The predicted octanol–water partition coefficient (Wildman–Crippen LogP) is 2.34. The van der Waals surface area contributed by atoms with Crippen molar-refractivity contribution in [3.05, 3.63) is 5.82 Å². The topological polar surface area (TPSA) is 30.7 Å². The summed E-state index contributed by atoms with van der Waals surface area (Å²) in [6, 6.07) is 0. The lowest BCUT2D eigenvalue weighted by molar-refractivity contribution is 0.591. The fourth-order valence-corrected chi connectivity index (χ4v) is 2.64. The van der Waals surface area contributed by atoms with E-state index in [-0.39, 0.29) is 0 Å². The van der Waals surface area contributed by atoms with Gasteiger partial charge in [-0.15, -0.1) is 21.8 Å². The Morgan fingerprint density at radius 1 is 1.29 bits per heavy atom. The van der Waals surface area contributed by atoms with Crippen LogP contribution in [0.15, 0.2) is 5.16 Å². The van der Waals surface area contributed by atoms with Crippen LogP contribution in [0, 0.1) is 0 Å². The lowest BCUT2D eigenvalue weighted by atomic mass is 10.2. The van der Waals surface area contributed by atoms with E-state index in [1.807, 2.05) is 0 Å². The number of aryl methyl sites for hydroxylation is 1. The molecule has 1 aromatic heterocycles. The predicted molar refractivity (Wildman–Crippen MR) is 59.0 cm³/mol. The largest absolute Gasteiger partial charge is 0.306 e. The van der Waals surface area contributed by atoms with Crippen molar-refractivity contribution in [2.45, 2.75) is 37.4 Å². The molecule has 0 aromatic carbocycles. The van der Waals surface area contributed by atoms with E-state index in [9.17, 15) is 0 Å². The van der Waals surface area contributed by atoms with E-state index >= 15 is 0 Å². The summed E-state index contributed by atoms with van der Waals surface area (Å²) in [6.45, 7) is 1.08. The maximum Gasteiger partial charge on any atom is 0.191 e. The molecule has 0 amide bonds. The highest BCUT2D eigenvalue weighted by Gasteiger charge is 2.14. The van der Waals surface area contributed by atoms with Gasteiger partial charge < -0.3 is 4.57 Å². The Morgan fingerprint density at radius 3 is 3.07 bits per heavy atom. The average Bonchev–Trinajstić information content (AvgIpc) is 2.45. The van der Waals surface area contributed by atoms with Crippen LogP contribution in [0.3, 0.4) is 0 Å². The molecule has 1 aliphatic rings. The fraction of sp³-hybridized carbons (Fsp3) is 0.778. The summed E-state index contributed by atoms with van der Waals surface area (Å²) in [6.07, 6.45) is 4.88. The minimum atomic E-state index is 0.673. The lowest BCUT2D eigenvalue weighted by Crippen LogP contribution is -2.02. The SMILES string of the molecule is ClCCSc1nnc2n1CCCCC2. The molecular weight excluding hydrogens is 218 g/mol. The van der Waals surface area contributed by atoms with Crippen LogP contribution >= 0.6 is 23.4 Å². The van der Waals surface area contributed by atoms with Crippen molar-refractivity contribution in [2.75, 3.05) is 11.6 Å². The highest BCUT2D eigenvalue weighted by atomic mass is 35.5. The van der Waals surface area contributed by atoms with Gasteiger partial charge >= 0.3 is 0 Å². The number of nitrogens with zero attached hydrogens (tertiary/aromatic N) is 3. The van der Waals surface area contributed by atoms with E-state index in [0.717, 1.165) is 29.7 Å². The van der Waals surface area contributed by atoms with Crippen molar-refractivity contribution < 1.29 is 0 Å². The van der Waals surface area contributed by atoms with Crippen LogP contribution in [-0.2, 0) is 13.0 Å². The Hall–Kier alpha value is -0.220. The molecule has 2 heterocycles.